The fraction of sp³-hybridized carbons (Fsp3) is 0.208. The topological polar surface area (TPSA) is 81.4 Å². The molecule has 2 aromatic carbocycles. The van der Waals surface area contributed by atoms with Crippen LogP contribution in [0.2, 0.25) is 0 Å². The zero-order valence-corrected chi connectivity index (χ0v) is 17.0. The van der Waals surface area contributed by atoms with Crippen molar-refractivity contribution in [3.05, 3.63) is 95.1 Å². The number of aliphatic carboxylic acids is 1. The van der Waals surface area contributed by atoms with Crippen molar-refractivity contribution in [1.29, 1.82) is 0 Å². The molecule has 0 spiro atoms. The molecule has 0 unspecified atom stereocenters. The molecule has 1 N–H and O–H groups in total. The van der Waals surface area contributed by atoms with Crippen LogP contribution in [0.1, 0.15) is 39.8 Å². The first-order valence-electron chi connectivity index (χ1n) is 9.66. The number of ether oxygens (including phenoxy) is 1. The molecule has 154 valence electrons. The van der Waals surface area contributed by atoms with E-state index in [1.165, 1.54) is 6.92 Å². The second-order valence-corrected chi connectivity index (χ2v) is 7.03. The number of carboxylic acid groups (broad SMARTS) is 1. The molecular weight excluding hydrogens is 380 g/mol. The van der Waals surface area contributed by atoms with Gasteiger partial charge in [0.2, 0.25) is 5.78 Å². The molecule has 6 heteroatoms. The van der Waals surface area contributed by atoms with Crippen LogP contribution in [0.4, 0.5) is 0 Å². The first kappa shape index (κ1) is 21.2. The van der Waals surface area contributed by atoms with E-state index in [9.17, 15) is 9.59 Å². The predicted octanol–water partition coefficient (Wildman–Crippen LogP) is 4.13. The van der Waals surface area contributed by atoms with Crippen LogP contribution < -0.4 is 0 Å². The summed E-state index contributed by atoms with van der Waals surface area (Å²) in [7, 11) is 0. The first-order valence-corrected chi connectivity index (χ1v) is 9.66. The molecule has 0 aliphatic heterocycles. The lowest BCUT2D eigenvalue weighted by atomic mass is 10.1. The van der Waals surface area contributed by atoms with E-state index >= 15 is 0 Å². The summed E-state index contributed by atoms with van der Waals surface area (Å²) in [5.74, 6) is -0.675. The Balaban J connectivity index is 1.60. The lowest BCUT2D eigenvalue weighted by molar-refractivity contribution is -0.149. The van der Waals surface area contributed by atoms with Crippen molar-refractivity contribution in [3.8, 4) is 0 Å². The third-order valence-corrected chi connectivity index (χ3v) is 4.67. The van der Waals surface area contributed by atoms with E-state index in [1.54, 1.807) is 12.4 Å². The van der Waals surface area contributed by atoms with E-state index in [0.29, 0.717) is 17.9 Å². The Morgan fingerprint density at radius 3 is 2.50 bits per heavy atom. The largest absolute Gasteiger partial charge is 0.479 e. The SMILES string of the molecule is Cc1ccc(C(=O)c2nccn2CC=Cc2ccc(CO[C@@H](C)C(=O)O)cc2)cc1. The number of carbonyl (C=O) groups is 2. The number of hydrogen-bond acceptors (Lipinski definition) is 4. The molecule has 1 atom stereocenters. The Morgan fingerprint density at radius 1 is 1.13 bits per heavy atom. The summed E-state index contributed by atoms with van der Waals surface area (Å²) < 4.78 is 7.09. The molecule has 3 aromatic rings. The van der Waals surface area contributed by atoms with Crippen molar-refractivity contribution in [3.63, 3.8) is 0 Å². The van der Waals surface area contributed by atoms with Gasteiger partial charge in [0.05, 0.1) is 6.61 Å². The number of rotatable bonds is 9. The normalized spacial score (nSPS) is 12.2. The highest BCUT2D eigenvalue weighted by Crippen LogP contribution is 2.12. The fourth-order valence-corrected chi connectivity index (χ4v) is 2.82. The quantitative estimate of drug-likeness (QED) is 0.543. The number of hydrogen-bond donors (Lipinski definition) is 1. The number of benzene rings is 2. The molecule has 0 fully saturated rings. The minimum atomic E-state index is -0.978. The van der Waals surface area contributed by atoms with E-state index in [0.717, 1.165) is 16.7 Å². The summed E-state index contributed by atoms with van der Waals surface area (Å²) in [6.45, 7) is 4.26. The molecule has 3 rings (SSSR count). The van der Waals surface area contributed by atoms with Crippen LogP contribution in [-0.2, 0) is 22.7 Å². The Bertz CT molecular complexity index is 1030. The zero-order valence-electron chi connectivity index (χ0n) is 17.0. The van der Waals surface area contributed by atoms with Gasteiger partial charge in [-0.3, -0.25) is 4.79 Å². The smallest absolute Gasteiger partial charge is 0.332 e. The van der Waals surface area contributed by atoms with Crippen molar-refractivity contribution < 1.29 is 19.4 Å². The van der Waals surface area contributed by atoms with Gasteiger partial charge in [-0.25, -0.2) is 9.78 Å². The Kier molecular flexibility index (Phi) is 6.93. The summed E-state index contributed by atoms with van der Waals surface area (Å²) >= 11 is 0. The van der Waals surface area contributed by atoms with Crippen LogP contribution in [0.15, 0.2) is 67.0 Å². The van der Waals surface area contributed by atoms with Crippen molar-refractivity contribution in [1.82, 2.24) is 9.55 Å². The third-order valence-electron chi connectivity index (χ3n) is 4.67. The summed E-state index contributed by atoms with van der Waals surface area (Å²) in [5, 5.41) is 8.85. The second kappa shape index (κ2) is 9.80. The minimum absolute atomic E-state index is 0.103. The van der Waals surface area contributed by atoms with Gasteiger partial charge in [-0.15, -0.1) is 0 Å². The molecular formula is C24H24N2O4. The van der Waals surface area contributed by atoms with Crippen LogP contribution in [0, 0.1) is 6.92 Å². The zero-order chi connectivity index (χ0) is 21.5. The second-order valence-electron chi connectivity index (χ2n) is 7.03. The van der Waals surface area contributed by atoms with Crippen LogP contribution in [0.25, 0.3) is 6.08 Å². The standard InChI is InChI=1S/C24H24N2O4/c1-17-5-11-21(12-6-17)22(27)23-25-13-15-26(23)14-3-4-19-7-9-20(10-8-19)16-30-18(2)24(28)29/h3-13,15,18H,14,16H2,1-2H3,(H,28,29)/t18-/m0/s1. The third kappa shape index (κ3) is 5.52. The lowest BCUT2D eigenvalue weighted by Gasteiger charge is -2.08. The summed E-state index contributed by atoms with van der Waals surface area (Å²) in [4.78, 5) is 27.7. The van der Waals surface area contributed by atoms with Gasteiger partial charge in [0.25, 0.3) is 0 Å². The van der Waals surface area contributed by atoms with E-state index in [4.69, 9.17) is 9.84 Å². The molecule has 0 aliphatic carbocycles. The Labute approximate surface area is 175 Å². The van der Waals surface area contributed by atoms with E-state index < -0.39 is 12.1 Å². The minimum Gasteiger partial charge on any atom is -0.479 e. The lowest BCUT2D eigenvalue weighted by Crippen LogP contribution is -2.19. The number of allylic oxidation sites excluding steroid dienone is 1. The molecule has 0 saturated heterocycles. The van der Waals surface area contributed by atoms with Crippen LogP contribution in [0.5, 0.6) is 0 Å². The fourth-order valence-electron chi connectivity index (χ4n) is 2.82. The number of ketones is 1. The van der Waals surface area contributed by atoms with Gasteiger partial charge in [-0.1, -0.05) is 66.2 Å². The number of carboxylic acids is 1. The average Bonchev–Trinajstić information content (AvgIpc) is 3.21. The van der Waals surface area contributed by atoms with E-state index in [2.05, 4.69) is 4.98 Å². The molecule has 0 radical (unpaired) electrons. The number of carbonyl (C=O) groups excluding carboxylic acids is 1. The highest BCUT2D eigenvalue weighted by atomic mass is 16.5. The Hall–Kier alpha value is -3.51. The summed E-state index contributed by atoms with van der Waals surface area (Å²) in [6.07, 6.45) is 6.51. The van der Waals surface area contributed by atoms with E-state index in [1.807, 2.05) is 72.2 Å². The molecule has 0 amide bonds. The molecule has 0 bridgehead atoms. The van der Waals surface area contributed by atoms with Crippen molar-refractivity contribution in [2.45, 2.75) is 33.1 Å². The monoisotopic (exact) mass is 404 g/mol. The van der Waals surface area contributed by atoms with Crippen molar-refractivity contribution in [2.75, 3.05) is 0 Å². The van der Waals surface area contributed by atoms with Gasteiger partial charge < -0.3 is 14.4 Å². The van der Waals surface area contributed by atoms with Crippen LogP contribution >= 0.6 is 0 Å². The number of nitrogens with zero attached hydrogens (tertiary/aromatic N) is 2. The molecule has 0 aliphatic rings. The van der Waals surface area contributed by atoms with Gasteiger partial charge in [-0.05, 0) is 25.0 Å². The molecule has 0 saturated carbocycles. The Morgan fingerprint density at radius 2 is 1.83 bits per heavy atom. The van der Waals surface area contributed by atoms with E-state index in [-0.39, 0.29) is 12.4 Å². The van der Waals surface area contributed by atoms with Gasteiger partial charge in [-0.2, -0.15) is 0 Å². The molecule has 6 nitrogen and oxygen atoms in total. The van der Waals surface area contributed by atoms with Crippen LogP contribution in [0.3, 0.4) is 0 Å². The van der Waals surface area contributed by atoms with Gasteiger partial charge in [0.1, 0.15) is 0 Å². The number of aromatic nitrogens is 2. The number of imidazole rings is 1. The average molecular weight is 404 g/mol. The summed E-state index contributed by atoms with van der Waals surface area (Å²) in [6, 6.07) is 15.1. The van der Waals surface area contributed by atoms with Gasteiger partial charge in [0, 0.05) is 24.5 Å². The molecule has 1 aromatic heterocycles. The maximum absolute atomic E-state index is 12.7. The van der Waals surface area contributed by atoms with Crippen LogP contribution in [-0.4, -0.2) is 32.5 Å². The highest BCUT2D eigenvalue weighted by molar-refractivity contribution is 6.06. The summed E-state index contributed by atoms with van der Waals surface area (Å²) in [5.41, 5.74) is 3.62. The predicted molar refractivity (Wildman–Crippen MR) is 114 cm³/mol. The van der Waals surface area contributed by atoms with Crippen molar-refractivity contribution >= 4 is 17.8 Å². The maximum Gasteiger partial charge on any atom is 0.332 e. The van der Waals surface area contributed by atoms with Crippen molar-refractivity contribution in [2.24, 2.45) is 0 Å². The molecule has 1 heterocycles. The van der Waals surface area contributed by atoms with Gasteiger partial charge >= 0.3 is 5.97 Å². The molecule has 30 heavy (non-hydrogen) atoms. The highest BCUT2D eigenvalue weighted by Gasteiger charge is 2.14. The number of aryl methyl sites for hydroxylation is 1. The first-order chi connectivity index (χ1) is 14.4. The maximum atomic E-state index is 12.7. The van der Waals surface area contributed by atoms with Gasteiger partial charge in [0.15, 0.2) is 11.9 Å².